The van der Waals surface area contributed by atoms with Crippen LogP contribution in [0.15, 0.2) is 24.3 Å². The topological polar surface area (TPSA) is 12.0 Å². The third kappa shape index (κ3) is 4.59. The number of benzene rings is 1. The van der Waals surface area contributed by atoms with Crippen LogP contribution >= 0.6 is 11.6 Å². The van der Waals surface area contributed by atoms with E-state index in [1.807, 2.05) is 12.1 Å². The maximum atomic E-state index is 5.87. The standard InChI is InChI=1S/C15H22ClN/c16-14-8-10-15(11-9-14)17-12-13-6-4-2-1-3-5-7-13/h8-11,13,17H,1-7,12H2. The van der Waals surface area contributed by atoms with Gasteiger partial charge < -0.3 is 5.32 Å². The molecular formula is C15H22ClN. The second-order valence-electron chi connectivity index (χ2n) is 5.10. The molecule has 1 aliphatic rings. The number of anilines is 1. The highest BCUT2D eigenvalue weighted by molar-refractivity contribution is 6.30. The van der Waals surface area contributed by atoms with Gasteiger partial charge in [0.15, 0.2) is 0 Å². The summed E-state index contributed by atoms with van der Waals surface area (Å²) >= 11 is 5.87. The van der Waals surface area contributed by atoms with E-state index >= 15 is 0 Å². The van der Waals surface area contributed by atoms with Gasteiger partial charge in [0.05, 0.1) is 0 Å². The van der Waals surface area contributed by atoms with Crippen molar-refractivity contribution >= 4 is 17.3 Å². The lowest BCUT2D eigenvalue weighted by atomic mass is 9.91. The van der Waals surface area contributed by atoms with E-state index in [1.54, 1.807) is 0 Å². The van der Waals surface area contributed by atoms with E-state index in [9.17, 15) is 0 Å². The highest BCUT2D eigenvalue weighted by atomic mass is 35.5. The summed E-state index contributed by atoms with van der Waals surface area (Å²) in [5, 5.41) is 4.34. The Bertz CT molecular complexity index is 312. The fraction of sp³-hybridized carbons (Fsp3) is 0.600. The van der Waals surface area contributed by atoms with Crippen LogP contribution < -0.4 is 5.32 Å². The van der Waals surface area contributed by atoms with Gasteiger partial charge in [-0.15, -0.1) is 0 Å². The predicted octanol–water partition coefficient (Wildman–Crippen LogP) is 5.11. The quantitative estimate of drug-likeness (QED) is 0.787. The Balaban J connectivity index is 1.77. The smallest absolute Gasteiger partial charge is 0.0407 e. The Kier molecular flexibility index (Phi) is 5.18. The monoisotopic (exact) mass is 251 g/mol. The molecule has 0 atom stereocenters. The summed E-state index contributed by atoms with van der Waals surface area (Å²) in [6, 6.07) is 8.01. The van der Waals surface area contributed by atoms with Gasteiger partial charge in [-0.25, -0.2) is 0 Å². The molecule has 2 heteroatoms. The van der Waals surface area contributed by atoms with Gasteiger partial charge in [-0.05, 0) is 43.0 Å². The van der Waals surface area contributed by atoms with Crippen LogP contribution in [-0.2, 0) is 0 Å². The molecule has 1 N–H and O–H groups in total. The summed E-state index contributed by atoms with van der Waals surface area (Å²) in [7, 11) is 0. The number of rotatable bonds is 3. The molecule has 0 spiro atoms. The SMILES string of the molecule is Clc1ccc(NCC2CCCCCCC2)cc1. The average Bonchev–Trinajstić information content (AvgIpc) is 2.30. The first-order chi connectivity index (χ1) is 8.34. The van der Waals surface area contributed by atoms with E-state index in [1.165, 1.54) is 50.6 Å². The van der Waals surface area contributed by atoms with Crippen LogP contribution in [0, 0.1) is 5.92 Å². The van der Waals surface area contributed by atoms with Crippen molar-refractivity contribution in [1.82, 2.24) is 0 Å². The minimum atomic E-state index is 0.807. The molecule has 0 saturated heterocycles. The molecule has 94 valence electrons. The minimum absolute atomic E-state index is 0.807. The molecule has 1 fully saturated rings. The molecular weight excluding hydrogens is 230 g/mol. The minimum Gasteiger partial charge on any atom is -0.385 e. The molecule has 0 aliphatic heterocycles. The third-order valence-corrected chi connectivity index (χ3v) is 3.92. The van der Waals surface area contributed by atoms with E-state index in [-0.39, 0.29) is 0 Å². The van der Waals surface area contributed by atoms with Crippen molar-refractivity contribution in [2.75, 3.05) is 11.9 Å². The number of nitrogens with one attached hydrogen (secondary N) is 1. The zero-order chi connectivity index (χ0) is 11.9. The van der Waals surface area contributed by atoms with E-state index in [0.29, 0.717) is 0 Å². The van der Waals surface area contributed by atoms with Crippen LogP contribution in [0.5, 0.6) is 0 Å². The lowest BCUT2D eigenvalue weighted by Crippen LogP contribution is -2.15. The first-order valence-electron chi connectivity index (χ1n) is 6.84. The Hall–Kier alpha value is -0.690. The normalized spacial score (nSPS) is 18.4. The zero-order valence-corrected chi connectivity index (χ0v) is 11.2. The van der Waals surface area contributed by atoms with E-state index in [2.05, 4.69) is 17.4 Å². The van der Waals surface area contributed by atoms with Gasteiger partial charge in [0.2, 0.25) is 0 Å². The van der Waals surface area contributed by atoms with E-state index in [4.69, 9.17) is 11.6 Å². The molecule has 1 aliphatic carbocycles. The first-order valence-corrected chi connectivity index (χ1v) is 7.22. The van der Waals surface area contributed by atoms with Crippen molar-refractivity contribution in [2.45, 2.75) is 44.9 Å². The van der Waals surface area contributed by atoms with Crippen molar-refractivity contribution < 1.29 is 0 Å². The molecule has 1 nitrogen and oxygen atoms in total. The Labute approximate surface area is 110 Å². The maximum Gasteiger partial charge on any atom is 0.0407 e. The fourth-order valence-corrected chi connectivity index (χ4v) is 2.70. The van der Waals surface area contributed by atoms with Crippen LogP contribution in [0.25, 0.3) is 0 Å². The van der Waals surface area contributed by atoms with Gasteiger partial charge in [-0.1, -0.05) is 43.7 Å². The lowest BCUT2D eigenvalue weighted by Gasteiger charge is -2.20. The highest BCUT2D eigenvalue weighted by Gasteiger charge is 2.10. The van der Waals surface area contributed by atoms with Crippen LogP contribution in [0.3, 0.4) is 0 Å². The molecule has 0 aromatic heterocycles. The van der Waals surface area contributed by atoms with Crippen molar-refractivity contribution in [3.05, 3.63) is 29.3 Å². The Morgan fingerprint density at radius 2 is 1.53 bits per heavy atom. The number of hydrogen-bond donors (Lipinski definition) is 1. The third-order valence-electron chi connectivity index (χ3n) is 3.66. The Morgan fingerprint density at radius 3 is 2.18 bits per heavy atom. The van der Waals surface area contributed by atoms with E-state index in [0.717, 1.165) is 17.5 Å². The molecule has 0 radical (unpaired) electrons. The average molecular weight is 252 g/mol. The summed E-state index contributed by atoms with van der Waals surface area (Å²) in [5.74, 6) is 0.853. The summed E-state index contributed by atoms with van der Waals surface area (Å²) in [6.45, 7) is 1.11. The lowest BCUT2D eigenvalue weighted by molar-refractivity contribution is 0.392. The molecule has 0 bridgehead atoms. The van der Waals surface area contributed by atoms with Crippen LogP contribution in [0.2, 0.25) is 5.02 Å². The van der Waals surface area contributed by atoms with Crippen molar-refractivity contribution in [3.63, 3.8) is 0 Å². The molecule has 0 heterocycles. The largest absolute Gasteiger partial charge is 0.385 e. The molecule has 17 heavy (non-hydrogen) atoms. The first kappa shape index (κ1) is 12.8. The van der Waals surface area contributed by atoms with Gasteiger partial charge >= 0.3 is 0 Å². The Morgan fingerprint density at radius 1 is 0.941 bits per heavy atom. The second-order valence-corrected chi connectivity index (χ2v) is 5.54. The highest BCUT2D eigenvalue weighted by Crippen LogP contribution is 2.23. The van der Waals surface area contributed by atoms with Gasteiger partial charge in [0.25, 0.3) is 0 Å². The molecule has 1 aromatic rings. The predicted molar refractivity (Wildman–Crippen MR) is 75.8 cm³/mol. The molecule has 0 unspecified atom stereocenters. The van der Waals surface area contributed by atoms with Gasteiger partial charge in [-0.3, -0.25) is 0 Å². The summed E-state index contributed by atoms with van der Waals surface area (Å²) in [4.78, 5) is 0. The molecule has 1 aromatic carbocycles. The maximum absolute atomic E-state index is 5.87. The van der Waals surface area contributed by atoms with Crippen LogP contribution in [-0.4, -0.2) is 6.54 Å². The second kappa shape index (κ2) is 6.90. The summed E-state index contributed by atoms with van der Waals surface area (Å²) < 4.78 is 0. The fourth-order valence-electron chi connectivity index (χ4n) is 2.57. The summed E-state index contributed by atoms with van der Waals surface area (Å²) in [5.41, 5.74) is 1.19. The molecule has 1 saturated carbocycles. The van der Waals surface area contributed by atoms with Crippen molar-refractivity contribution in [2.24, 2.45) is 5.92 Å². The molecule has 2 rings (SSSR count). The zero-order valence-electron chi connectivity index (χ0n) is 10.4. The van der Waals surface area contributed by atoms with Crippen LogP contribution in [0.1, 0.15) is 44.9 Å². The number of hydrogen-bond acceptors (Lipinski definition) is 1. The van der Waals surface area contributed by atoms with Gasteiger partial charge in [-0.2, -0.15) is 0 Å². The van der Waals surface area contributed by atoms with E-state index < -0.39 is 0 Å². The van der Waals surface area contributed by atoms with Crippen molar-refractivity contribution in [1.29, 1.82) is 0 Å². The van der Waals surface area contributed by atoms with Crippen molar-refractivity contribution in [3.8, 4) is 0 Å². The van der Waals surface area contributed by atoms with Gasteiger partial charge in [0, 0.05) is 17.3 Å². The van der Waals surface area contributed by atoms with Crippen LogP contribution in [0.4, 0.5) is 5.69 Å². The molecule has 0 amide bonds. The van der Waals surface area contributed by atoms with Gasteiger partial charge in [0.1, 0.15) is 0 Å². The number of halogens is 1. The summed E-state index contributed by atoms with van der Waals surface area (Å²) in [6.07, 6.45) is 9.90.